The van der Waals surface area contributed by atoms with Crippen LogP contribution in [0, 0.1) is 3.57 Å². The number of rotatable bonds is 4. The van der Waals surface area contributed by atoms with Crippen molar-refractivity contribution in [1.29, 1.82) is 0 Å². The SMILES string of the molecule is C[C@H](Nc1ncnc2c(C(F)(F)F)cc(I)cc12)c1ncnn1-c1ncccn1. The summed E-state index contributed by atoms with van der Waals surface area (Å²) < 4.78 is 42.2. The third kappa shape index (κ3) is 3.83. The van der Waals surface area contributed by atoms with Gasteiger partial charge in [0.2, 0.25) is 0 Å². The van der Waals surface area contributed by atoms with Gasteiger partial charge in [-0.25, -0.2) is 24.9 Å². The van der Waals surface area contributed by atoms with Crippen molar-refractivity contribution < 1.29 is 13.2 Å². The summed E-state index contributed by atoms with van der Waals surface area (Å²) in [5.74, 6) is 1.06. The van der Waals surface area contributed by atoms with Crippen molar-refractivity contribution in [2.24, 2.45) is 0 Å². The van der Waals surface area contributed by atoms with Gasteiger partial charge < -0.3 is 5.32 Å². The van der Waals surface area contributed by atoms with Crippen LogP contribution in [0.1, 0.15) is 24.4 Å². The molecule has 0 aliphatic carbocycles. The van der Waals surface area contributed by atoms with E-state index in [1.807, 2.05) is 22.6 Å². The first kappa shape index (κ1) is 19.4. The van der Waals surface area contributed by atoms with Gasteiger partial charge in [-0.15, -0.1) is 0 Å². The molecule has 0 unspecified atom stereocenters. The quantitative estimate of drug-likeness (QED) is 0.416. The number of nitrogens with zero attached hydrogens (tertiary/aromatic N) is 7. The van der Waals surface area contributed by atoms with E-state index in [0.29, 0.717) is 15.3 Å². The fraction of sp³-hybridized carbons (Fsp3) is 0.176. The van der Waals surface area contributed by atoms with E-state index in [9.17, 15) is 13.2 Å². The van der Waals surface area contributed by atoms with Crippen molar-refractivity contribution in [1.82, 2.24) is 34.7 Å². The topological polar surface area (TPSA) is 94.3 Å². The minimum absolute atomic E-state index is 0.171. The molecule has 4 rings (SSSR count). The molecule has 0 bridgehead atoms. The van der Waals surface area contributed by atoms with Crippen LogP contribution in [0.4, 0.5) is 19.0 Å². The summed E-state index contributed by atoms with van der Waals surface area (Å²) in [6.07, 6.45) is 1.08. The van der Waals surface area contributed by atoms with Gasteiger partial charge >= 0.3 is 6.18 Å². The Balaban J connectivity index is 1.75. The van der Waals surface area contributed by atoms with Gasteiger partial charge in [0.1, 0.15) is 18.5 Å². The first-order valence-electron chi connectivity index (χ1n) is 8.30. The van der Waals surface area contributed by atoms with Gasteiger partial charge in [-0.3, -0.25) is 0 Å². The van der Waals surface area contributed by atoms with Gasteiger partial charge in [0.15, 0.2) is 5.82 Å². The molecule has 29 heavy (non-hydrogen) atoms. The lowest BCUT2D eigenvalue weighted by atomic mass is 10.1. The number of alkyl halides is 3. The number of nitrogens with one attached hydrogen (secondary N) is 1. The third-order valence-corrected chi connectivity index (χ3v) is 4.69. The van der Waals surface area contributed by atoms with E-state index >= 15 is 0 Å². The highest BCUT2D eigenvalue weighted by Gasteiger charge is 2.34. The summed E-state index contributed by atoms with van der Waals surface area (Å²) in [5, 5.41) is 7.50. The first-order valence-corrected chi connectivity index (χ1v) is 9.38. The monoisotopic (exact) mass is 512 g/mol. The fourth-order valence-electron chi connectivity index (χ4n) is 2.83. The van der Waals surface area contributed by atoms with Crippen LogP contribution in [-0.2, 0) is 6.18 Å². The van der Waals surface area contributed by atoms with E-state index in [0.717, 1.165) is 12.4 Å². The number of aromatic nitrogens is 7. The van der Waals surface area contributed by atoms with Crippen LogP contribution in [0.15, 0.2) is 43.2 Å². The zero-order chi connectivity index (χ0) is 20.6. The average molecular weight is 512 g/mol. The second-order valence-corrected chi connectivity index (χ2v) is 7.26. The number of hydrogen-bond acceptors (Lipinski definition) is 7. The molecule has 0 amide bonds. The molecule has 1 atom stereocenters. The van der Waals surface area contributed by atoms with Crippen molar-refractivity contribution in [2.75, 3.05) is 5.32 Å². The van der Waals surface area contributed by atoms with Gasteiger partial charge in [-0.1, -0.05) is 0 Å². The van der Waals surface area contributed by atoms with E-state index in [2.05, 4.69) is 35.3 Å². The van der Waals surface area contributed by atoms with E-state index in [1.54, 1.807) is 31.5 Å². The Morgan fingerprint density at radius 3 is 2.52 bits per heavy atom. The molecule has 148 valence electrons. The van der Waals surface area contributed by atoms with Crippen molar-refractivity contribution in [3.8, 4) is 5.95 Å². The van der Waals surface area contributed by atoms with Gasteiger partial charge in [-0.05, 0) is 47.7 Å². The number of halogens is 4. The lowest BCUT2D eigenvalue weighted by molar-refractivity contribution is -0.136. The molecule has 1 aromatic carbocycles. The third-order valence-electron chi connectivity index (χ3n) is 4.07. The highest BCUT2D eigenvalue weighted by molar-refractivity contribution is 14.1. The Morgan fingerprint density at radius 2 is 1.79 bits per heavy atom. The van der Waals surface area contributed by atoms with E-state index in [-0.39, 0.29) is 16.7 Å². The van der Waals surface area contributed by atoms with Gasteiger partial charge in [0, 0.05) is 21.4 Å². The van der Waals surface area contributed by atoms with E-state index in [4.69, 9.17) is 0 Å². The highest BCUT2D eigenvalue weighted by atomic mass is 127. The molecule has 0 aliphatic heterocycles. The smallest absolute Gasteiger partial charge is 0.360 e. The average Bonchev–Trinajstić information content (AvgIpc) is 3.18. The number of hydrogen-bond donors (Lipinski definition) is 1. The molecular weight excluding hydrogens is 500 g/mol. The van der Waals surface area contributed by atoms with Crippen LogP contribution >= 0.6 is 22.6 Å². The molecule has 0 fully saturated rings. The van der Waals surface area contributed by atoms with Crippen LogP contribution < -0.4 is 5.32 Å². The first-order chi connectivity index (χ1) is 13.8. The second kappa shape index (κ2) is 7.50. The Kier molecular flexibility index (Phi) is 5.02. The molecule has 4 aromatic rings. The maximum absolute atomic E-state index is 13.4. The van der Waals surface area contributed by atoms with Crippen LogP contribution in [-0.4, -0.2) is 34.7 Å². The number of anilines is 1. The molecule has 0 aliphatic rings. The molecule has 3 aromatic heterocycles. The van der Waals surface area contributed by atoms with Crippen molar-refractivity contribution >= 4 is 39.3 Å². The van der Waals surface area contributed by atoms with Crippen LogP contribution in [0.3, 0.4) is 0 Å². The van der Waals surface area contributed by atoms with Crippen LogP contribution in [0.2, 0.25) is 0 Å². The van der Waals surface area contributed by atoms with Crippen LogP contribution in [0.5, 0.6) is 0 Å². The summed E-state index contributed by atoms with van der Waals surface area (Å²) >= 11 is 1.84. The summed E-state index contributed by atoms with van der Waals surface area (Å²) in [5.41, 5.74) is -0.978. The Labute approximate surface area is 175 Å². The van der Waals surface area contributed by atoms with Crippen molar-refractivity contribution in [3.63, 3.8) is 0 Å². The molecule has 3 heterocycles. The van der Waals surface area contributed by atoms with Gasteiger partial charge in [-0.2, -0.15) is 23.0 Å². The molecular formula is C17H12F3IN8. The lowest BCUT2D eigenvalue weighted by Gasteiger charge is -2.17. The summed E-state index contributed by atoms with van der Waals surface area (Å²) in [6, 6.07) is 3.89. The molecule has 0 saturated heterocycles. The number of fused-ring (bicyclic) bond motifs is 1. The Morgan fingerprint density at radius 1 is 1.03 bits per heavy atom. The second-order valence-electron chi connectivity index (χ2n) is 6.01. The highest BCUT2D eigenvalue weighted by Crippen LogP contribution is 2.37. The molecule has 12 heteroatoms. The van der Waals surface area contributed by atoms with Crippen LogP contribution in [0.25, 0.3) is 16.9 Å². The van der Waals surface area contributed by atoms with E-state index in [1.165, 1.54) is 11.0 Å². The number of benzene rings is 1. The van der Waals surface area contributed by atoms with Gasteiger partial charge in [0.25, 0.3) is 5.95 Å². The van der Waals surface area contributed by atoms with Crippen molar-refractivity contribution in [3.05, 3.63) is 58.2 Å². The maximum Gasteiger partial charge on any atom is 0.418 e. The van der Waals surface area contributed by atoms with E-state index < -0.39 is 17.8 Å². The lowest BCUT2D eigenvalue weighted by Crippen LogP contribution is -2.16. The van der Waals surface area contributed by atoms with Crippen molar-refractivity contribution in [2.45, 2.75) is 19.1 Å². The minimum atomic E-state index is -4.53. The molecule has 0 saturated carbocycles. The summed E-state index contributed by atoms with van der Waals surface area (Å²) in [4.78, 5) is 20.5. The Hall–Kier alpha value is -2.90. The minimum Gasteiger partial charge on any atom is -0.360 e. The normalized spacial score (nSPS) is 12.9. The summed E-state index contributed by atoms with van der Waals surface area (Å²) in [7, 11) is 0. The Bertz CT molecular complexity index is 1160. The van der Waals surface area contributed by atoms with Gasteiger partial charge in [0.05, 0.1) is 17.1 Å². The molecule has 0 radical (unpaired) electrons. The molecule has 8 nitrogen and oxygen atoms in total. The fourth-order valence-corrected chi connectivity index (χ4v) is 3.46. The zero-order valence-electron chi connectivity index (χ0n) is 14.8. The predicted octanol–water partition coefficient (Wildman–Crippen LogP) is 3.80. The maximum atomic E-state index is 13.4. The summed E-state index contributed by atoms with van der Waals surface area (Å²) in [6.45, 7) is 1.79. The largest absolute Gasteiger partial charge is 0.418 e. The predicted molar refractivity (Wildman–Crippen MR) is 106 cm³/mol. The molecule has 0 spiro atoms. The standard InChI is InChI=1S/C17H12F3IN8/c1-9(15-26-8-27-29(15)16-22-3-2-4-23-16)28-14-11-5-10(21)6-12(17(18,19)20)13(11)24-7-25-14/h2-9H,1H3,(H,24,25,28)/t9-/m0/s1. The zero-order valence-corrected chi connectivity index (χ0v) is 16.9. The molecule has 1 N–H and O–H groups in total.